The number of oxime groups is 1. The predicted octanol–water partition coefficient (Wildman–Crippen LogP) is 0.807. The fourth-order valence-corrected chi connectivity index (χ4v) is 1.47. The van der Waals surface area contributed by atoms with Crippen LogP contribution in [0.4, 0.5) is 5.82 Å². The zero-order valence-electron chi connectivity index (χ0n) is 9.59. The van der Waals surface area contributed by atoms with Crippen molar-refractivity contribution in [2.45, 2.75) is 20.3 Å². The molecule has 0 spiro atoms. The maximum absolute atomic E-state index is 8.67. The highest BCUT2D eigenvalue weighted by Crippen LogP contribution is 2.14. The fraction of sp³-hybridized carbons (Fsp3) is 0.500. The van der Waals surface area contributed by atoms with Crippen molar-refractivity contribution < 1.29 is 5.21 Å². The van der Waals surface area contributed by atoms with Gasteiger partial charge in [-0.25, -0.2) is 9.97 Å². The summed E-state index contributed by atoms with van der Waals surface area (Å²) in [6, 6.07) is 0. The van der Waals surface area contributed by atoms with Crippen LogP contribution in [0.3, 0.4) is 0 Å². The van der Waals surface area contributed by atoms with E-state index in [4.69, 9.17) is 10.9 Å². The average Bonchev–Trinajstić information content (AvgIpc) is 2.35. The summed E-state index contributed by atoms with van der Waals surface area (Å²) in [5, 5.41) is 11.6. The molecule has 0 aliphatic carbocycles. The van der Waals surface area contributed by atoms with E-state index in [9.17, 15) is 0 Å². The SMILES string of the molecule is CCCN(CC)c1nccnc1C(N)=NO. The van der Waals surface area contributed by atoms with Crippen LogP contribution in [-0.2, 0) is 0 Å². The minimum Gasteiger partial charge on any atom is -0.409 e. The van der Waals surface area contributed by atoms with Gasteiger partial charge in [-0.1, -0.05) is 12.1 Å². The molecule has 6 nitrogen and oxygen atoms in total. The third kappa shape index (κ3) is 2.59. The summed E-state index contributed by atoms with van der Waals surface area (Å²) in [7, 11) is 0. The van der Waals surface area contributed by atoms with Crippen LogP contribution in [0.5, 0.6) is 0 Å². The first-order valence-electron chi connectivity index (χ1n) is 5.28. The van der Waals surface area contributed by atoms with Gasteiger partial charge in [-0.2, -0.15) is 0 Å². The van der Waals surface area contributed by atoms with Gasteiger partial charge in [-0.05, 0) is 13.3 Å². The molecule has 0 radical (unpaired) electrons. The highest BCUT2D eigenvalue weighted by atomic mass is 16.4. The van der Waals surface area contributed by atoms with Gasteiger partial charge in [0.2, 0.25) is 0 Å². The van der Waals surface area contributed by atoms with E-state index in [1.807, 2.05) is 11.8 Å². The fourth-order valence-electron chi connectivity index (χ4n) is 1.47. The van der Waals surface area contributed by atoms with E-state index in [0.717, 1.165) is 19.5 Å². The summed E-state index contributed by atoms with van der Waals surface area (Å²) in [4.78, 5) is 10.4. The normalized spacial score (nSPS) is 11.5. The zero-order valence-corrected chi connectivity index (χ0v) is 9.59. The quantitative estimate of drug-likeness (QED) is 0.334. The number of nitrogens with two attached hydrogens (primary N) is 1. The standard InChI is InChI=1S/C10H17N5O/c1-3-7-15(4-2)10-8(9(11)14-16)12-5-6-13-10/h5-6,16H,3-4,7H2,1-2H3,(H2,11,14). The van der Waals surface area contributed by atoms with Gasteiger partial charge in [0.1, 0.15) is 0 Å². The van der Waals surface area contributed by atoms with E-state index in [2.05, 4.69) is 22.0 Å². The predicted molar refractivity (Wildman–Crippen MR) is 62.7 cm³/mol. The van der Waals surface area contributed by atoms with Gasteiger partial charge in [0.15, 0.2) is 17.3 Å². The van der Waals surface area contributed by atoms with E-state index in [-0.39, 0.29) is 5.84 Å². The van der Waals surface area contributed by atoms with Crippen molar-refractivity contribution in [1.82, 2.24) is 9.97 Å². The maximum atomic E-state index is 8.67. The van der Waals surface area contributed by atoms with Gasteiger partial charge in [0.05, 0.1) is 0 Å². The molecule has 1 heterocycles. The second kappa shape index (κ2) is 5.89. The third-order valence-corrected chi connectivity index (χ3v) is 2.20. The Morgan fingerprint density at radius 3 is 2.69 bits per heavy atom. The van der Waals surface area contributed by atoms with Crippen LogP contribution < -0.4 is 10.6 Å². The molecular weight excluding hydrogens is 206 g/mol. The van der Waals surface area contributed by atoms with Gasteiger partial charge in [0.25, 0.3) is 0 Å². The molecule has 0 aliphatic heterocycles. The molecule has 0 bridgehead atoms. The molecule has 0 amide bonds. The Balaban J connectivity index is 3.10. The molecular formula is C10H17N5O. The van der Waals surface area contributed by atoms with Crippen LogP contribution in [0.25, 0.3) is 0 Å². The lowest BCUT2D eigenvalue weighted by Crippen LogP contribution is -2.29. The molecule has 1 aromatic heterocycles. The Kier molecular flexibility index (Phi) is 4.50. The van der Waals surface area contributed by atoms with Crippen molar-refractivity contribution >= 4 is 11.7 Å². The Morgan fingerprint density at radius 2 is 2.12 bits per heavy atom. The molecule has 0 saturated carbocycles. The van der Waals surface area contributed by atoms with Crippen LogP contribution in [0.2, 0.25) is 0 Å². The summed E-state index contributed by atoms with van der Waals surface area (Å²) in [6.45, 7) is 5.78. The largest absolute Gasteiger partial charge is 0.409 e. The lowest BCUT2D eigenvalue weighted by Gasteiger charge is -2.22. The van der Waals surface area contributed by atoms with E-state index in [1.54, 1.807) is 6.20 Å². The molecule has 1 aromatic rings. The van der Waals surface area contributed by atoms with Crippen molar-refractivity contribution in [2.24, 2.45) is 10.9 Å². The number of aromatic nitrogens is 2. The topological polar surface area (TPSA) is 87.6 Å². The monoisotopic (exact) mass is 223 g/mol. The van der Waals surface area contributed by atoms with Crippen molar-refractivity contribution in [2.75, 3.05) is 18.0 Å². The van der Waals surface area contributed by atoms with E-state index >= 15 is 0 Å². The molecule has 1 rings (SSSR count). The van der Waals surface area contributed by atoms with Crippen molar-refractivity contribution in [3.63, 3.8) is 0 Å². The van der Waals surface area contributed by atoms with Crippen LogP contribution in [0.1, 0.15) is 26.0 Å². The van der Waals surface area contributed by atoms with Crippen molar-refractivity contribution in [3.05, 3.63) is 18.1 Å². The van der Waals surface area contributed by atoms with E-state index in [0.29, 0.717) is 11.5 Å². The number of anilines is 1. The molecule has 16 heavy (non-hydrogen) atoms. The molecule has 0 saturated heterocycles. The minimum atomic E-state index is -0.0161. The number of rotatable bonds is 5. The second-order valence-corrected chi connectivity index (χ2v) is 3.29. The number of hydrogen-bond donors (Lipinski definition) is 2. The second-order valence-electron chi connectivity index (χ2n) is 3.29. The molecule has 0 unspecified atom stereocenters. The van der Waals surface area contributed by atoms with Crippen molar-refractivity contribution in [3.8, 4) is 0 Å². The van der Waals surface area contributed by atoms with E-state index in [1.165, 1.54) is 6.20 Å². The van der Waals surface area contributed by atoms with Crippen LogP contribution in [0.15, 0.2) is 17.5 Å². The van der Waals surface area contributed by atoms with Gasteiger partial charge >= 0.3 is 0 Å². The Labute approximate surface area is 94.8 Å². The van der Waals surface area contributed by atoms with Gasteiger partial charge < -0.3 is 15.8 Å². The van der Waals surface area contributed by atoms with Crippen LogP contribution in [0, 0.1) is 0 Å². The number of hydrogen-bond acceptors (Lipinski definition) is 5. The lowest BCUT2D eigenvalue weighted by molar-refractivity contribution is 0.318. The van der Waals surface area contributed by atoms with Crippen LogP contribution in [-0.4, -0.2) is 34.1 Å². The average molecular weight is 223 g/mol. The van der Waals surface area contributed by atoms with Gasteiger partial charge in [-0.15, -0.1) is 0 Å². The number of amidine groups is 1. The lowest BCUT2D eigenvalue weighted by atomic mass is 10.3. The maximum Gasteiger partial charge on any atom is 0.192 e. The summed E-state index contributed by atoms with van der Waals surface area (Å²) in [5.74, 6) is 0.639. The highest BCUT2D eigenvalue weighted by molar-refractivity contribution is 5.99. The summed E-state index contributed by atoms with van der Waals surface area (Å²) in [5.41, 5.74) is 5.97. The van der Waals surface area contributed by atoms with Gasteiger partial charge in [-0.3, -0.25) is 0 Å². The molecule has 0 aliphatic rings. The first-order valence-corrected chi connectivity index (χ1v) is 5.28. The first kappa shape index (κ1) is 12.2. The minimum absolute atomic E-state index is 0.0161. The molecule has 0 fully saturated rings. The number of nitrogens with zero attached hydrogens (tertiary/aromatic N) is 4. The highest BCUT2D eigenvalue weighted by Gasteiger charge is 2.14. The molecule has 0 atom stereocenters. The van der Waals surface area contributed by atoms with E-state index < -0.39 is 0 Å². The molecule has 0 aromatic carbocycles. The third-order valence-electron chi connectivity index (χ3n) is 2.20. The van der Waals surface area contributed by atoms with Crippen molar-refractivity contribution in [1.29, 1.82) is 0 Å². The van der Waals surface area contributed by atoms with Crippen LogP contribution >= 0.6 is 0 Å². The summed E-state index contributed by atoms with van der Waals surface area (Å²) >= 11 is 0. The van der Waals surface area contributed by atoms with Gasteiger partial charge in [0, 0.05) is 25.5 Å². The smallest absolute Gasteiger partial charge is 0.192 e. The molecule has 88 valence electrons. The molecule has 6 heteroatoms. The Morgan fingerprint density at radius 1 is 1.44 bits per heavy atom. The Bertz CT molecular complexity index is 366. The summed E-state index contributed by atoms with van der Waals surface area (Å²) < 4.78 is 0. The Hall–Kier alpha value is -1.85. The molecule has 3 N–H and O–H groups in total. The zero-order chi connectivity index (χ0) is 12.0. The summed E-state index contributed by atoms with van der Waals surface area (Å²) in [6.07, 6.45) is 4.12. The first-order chi connectivity index (χ1) is 7.74.